The molecule has 2 aliphatic heterocycles. The van der Waals surface area contributed by atoms with Crippen molar-refractivity contribution in [2.75, 3.05) is 67.1 Å². The predicted octanol–water partition coefficient (Wildman–Crippen LogP) is 6.34. The number of methoxy groups -OCH3 is 2. The van der Waals surface area contributed by atoms with Gasteiger partial charge in [-0.15, -0.1) is 0 Å². The molecule has 0 saturated carbocycles. The number of anilines is 5. The first-order chi connectivity index (χ1) is 27.0. The molecule has 1 saturated heterocycles. The molecule has 8 rings (SSSR count). The molecule has 3 aromatic heterocycles. The number of nitrogens with one attached hydrogen (secondary N) is 1. The molecule has 1 amide bonds. The summed E-state index contributed by atoms with van der Waals surface area (Å²) < 4.78 is 16.4. The minimum absolute atomic E-state index is 0.188. The van der Waals surface area contributed by atoms with E-state index >= 15 is 0 Å². The van der Waals surface area contributed by atoms with Gasteiger partial charge in [-0.25, -0.2) is 15.0 Å². The molecule has 278 valence electrons. The number of pyridine rings is 1. The molecule has 5 heterocycles. The van der Waals surface area contributed by atoms with Gasteiger partial charge in [-0.1, -0.05) is 24.3 Å². The van der Waals surface area contributed by atoms with E-state index in [1.54, 1.807) is 38.7 Å². The first-order valence-electron chi connectivity index (χ1n) is 18.2. The molecule has 0 atom stereocenters. The highest BCUT2D eigenvalue weighted by atomic mass is 16.5. The molecule has 2 aliphatic rings. The van der Waals surface area contributed by atoms with Crippen LogP contribution in [0.2, 0.25) is 0 Å². The molecule has 55 heavy (non-hydrogen) atoms. The Labute approximate surface area is 319 Å². The molecule has 0 spiro atoms. The lowest BCUT2D eigenvalue weighted by Crippen LogP contribution is -2.37. The number of morpholine rings is 1. The Balaban J connectivity index is 1.09. The smallest absolute Gasteiger partial charge is 0.255 e. The van der Waals surface area contributed by atoms with E-state index in [-0.39, 0.29) is 5.91 Å². The molecule has 0 radical (unpaired) electrons. The van der Waals surface area contributed by atoms with Crippen LogP contribution in [-0.2, 0) is 24.2 Å². The second kappa shape index (κ2) is 16.2. The SMILES string of the molecule is COc1ccc(CN(Cc2ccc(OC)cc2)c2ncc(-c3nc(N4CCOCC4)nc4c3CCN4c3ccc(NC(=O)c4ccncc4)cc3)cn2)cc1. The molecule has 13 heteroatoms. The Morgan fingerprint density at radius 1 is 0.782 bits per heavy atom. The van der Waals surface area contributed by atoms with Crippen LogP contribution in [0.25, 0.3) is 11.3 Å². The number of carbonyl (C=O) groups excluding carboxylic acids is 1. The largest absolute Gasteiger partial charge is 0.497 e. The standard InChI is InChI=1S/C42H41N9O4/c1-53-35-11-3-29(4-12-35)27-50(28-30-5-13-36(54-2)14-6-30)41-44-25-32(26-45-41)38-37-17-20-51(39(37)48-42(47-38)49-21-23-55-24-22-49)34-9-7-33(8-10-34)46-40(52)31-15-18-43-19-16-31/h3-16,18-19,25-26H,17,20-24,27-28H2,1-2H3,(H,46,52). The van der Waals surface area contributed by atoms with Crippen LogP contribution in [0.3, 0.4) is 0 Å². The highest BCUT2D eigenvalue weighted by Crippen LogP contribution is 2.39. The maximum Gasteiger partial charge on any atom is 0.255 e. The van der Waals surface area contributed by atoms with Gasteiger partial charge in [0.15, 0.2) is 0 Å². The Morgan fingerprint density at radius 3 is 2.00 bits per heavy atom. The van der Waals surface area contributed by atoms with Crippen molar-refractivity contribution in [3.05, 3.63) is 132 Å². The summed E-state index contributed by atoms with van der Waals surface area (Å²) in [6.07, 6.45) is 7.69. The van der Waals surface area contributed by atoms with Gasteiger partial charge in [0.2, 0.25) is 11.9 Å². The molecule has 13 nitrogen and oxygen atoms in total. The van der Waals surface area contributed by atoms with Crippen molar-refractivity contribution in [3.8, 4) is 22.8 Å². The van der Waals surface area contributed by atoms with E-state index in [9.17, 15) is 4.79 Å². The van der Waals surface area contributed by atoms with E-state index in [4.69, 9.17) is 34.1 Å². The van der Waals surface area contributed by atoms with Gasteiger partial charge >= 0.3 is 0 Å². The summed E-state index contributed by atoms with van der Waals surface area (Å²) >= 11 is 0. The van der Waals surface area contributed by atoms with Crippen LogP contribution in [0.15, 0.2) is 110 Å². The van der Waals surface area contributed by atoms with Gasteiger partial charge in [0.1, 0.15) is 17.3 Å². The maximum atomic E-state index is 12.7. The highest BCUT2D eigenvalue weighted by Gasteiger charge is 2.29. The summed E-state index contributed by atoms with van der Waals surface area (Å²) in [5.41, 5.74) is 7.11. The van der Waals surface area contributed by atoms with Crippen molar-refractivity contribution in [3.63, 3.8) is 0 Å². The molecule has 1 fully saturated rings. The third kappa shape index (κ3) is 8.02. The molecule has 0 aliphatic carbocycles. The molecular formula is C42H41N9O4. The number of fused-ring (bicyclic) bond motifs is 1. The fourth-order valence-electron chi connectivity index (χ4n) is 6.78. The number of amides is 1. The van der Waals surface area contributed by atoms with Gasteiger partial charge in [-0.2, -0.15) is 4.98 Å². The van der Waals surface area contributed by atoms with Gasteiger partial charge in [-0.05, 0) is 78.2 Å². The van der Waals surface area contributed by atoms with Crippen LogP contribution >= 0.6 is 0 Å². The number of aromatic nitrogens is 5. The molecule has 0 bridgehead atoms. The summed E-state index contributed by atoms with van der Waals surface area (Å²) in [5, 5.41) is 2.97. The zero-order chi connectivity index (χ0) is 37.6. The summed E-state index contributed by atoms with van der Waals surface area (Å²) in [4.78, 5) is 43.4. The quantitative estimate of drug-likeness (QED) is 0.151. The van der Waals surface area contributed by atoms with Gasteiger partial charge in [-0.3, -0.25) is 9.78 Å². The number of ether oxygens (including phenoxy) is 3. The van der Waals surface area contributed by atoms with E-state index in [0.29, 0.717) is 62.5 Å². The molecule has 1 N–H and O–H groups in total. The average Bonchev–Trinajstić information content (AvgIpc) is 3.69. The second-order valence-electron chi connectivity index (χ2n) is 13.2. The number of hydrogen-bond acceptors (Lipinski definition) is 12. The van der Waals surface area contributed by atoms with E-state index < -0.39 is 0 Å². The topological polar surface area (TPSA) is 131 Å². The van der Waals surface area contributed by atoms with E-state index in [1.165, 1.54) is 0 Å². The first kappa shape index (κ1) is 35.4. The first-order valence-corrected chi connectivity index (χ1v) is 18.2. The number of rotatable bonds is 12. The zero-order valence-corrected chi connectivity index (χ0v) is 30.8. The minimum atomic E-state index is -0.188. The highest BCUT2D eigenvalue weighted by molar-refractivity contribution is 6.04. The molecule has 6 aromatic rings. The lowest BCUT2D eigenvalue weighted by atomic mass is 10.1. The van der Waals surface area contributed by atoms with Crippen molar-refractivity contribution < 1.29 is 19.0 Å². The van der Waals surface area contributed by atoms with Crippen molar-refractivity contribution in [2.24, 2.45) is 0 Å². The Kier molecular flexibility index (Phi) is 10.4. The van der Waals surface area contributed by atoms with Crippen LogP contribution in [0.4, 0.5) is 29.1 Å². The number of nitrogens with zero attached hydrogens (tertiary/aromatic N) is 8. The minimum Gasteiger partial charge on any atom is -0.497 e. The summed E-state index contributed by atoms with van der Waals surface area (Å²) in [6.45, 7) is 4.55. The van der Waals surface area contributed by atoms with Gasteiger partial charge < -0.3 is 34.2 Å². The summed E-state index contributed by atoms with van der Waals surface area (Å²) in [6, 6.07) is 27.3. The van der Waals surface area contributed by atoms with E-state index in [2.05, 4.69) is 49.3 Å². The summed E-state index contributed by atoms with van der Waals surface area (Å²) in [7, 11) is 3.33. The van der Waals surface area contributed by atoms with Gasteiger partial charge in [0.05, 0.1) is 33.1 Å². The van der Waals surface area contributed by atoms with Crippen molar-refractivity contribution in [1.82, 2.24) is 24.9 Å². The number of benzene rings is 3. The van der Waals surface area contributed by atoms with Crippen molar-refractivity contribution >= 4 is 35.0 Å². The lowest BCUT2D eigenvalue weighted by molar-refractivity contribution is 0.102. The van der Waals surface area contributed by atoms with Crippen molar-refractivity contribution in [2.45, 2.75) is 19.5 Å². The number of carbonyl (C=O) groups is 1. The van der Waals surface area contributed by atoms with Crippen LogP contribution in [0, 0.1) is 0 Å². The summed E-state index contributed by atoms with van der Waals surface area (Å²) in [5.74, 6) is 3.53. The normalized spacial score (nSPS) is 13.6. The zero-order valence-electron chi connectivity index (χ0n) is 30.8. The van der Waals surface area contributed by atoms with Gasteiger partial charge in [0.25, 0.3) is 5.91 Å². The lowest BCUT2D eigenvalue weighted by Gasteiger charge is -2.28. The van der Waals surface area contributed by atoms with Crippen molar-refractivity contribution in [1.29, 1.82) is 0 Å². The van der Waals surface area contributed by atoms with Crippen LogP contribution in [-0.4, -0.2) is 77.9 Å². The molecular weight excluding hydrogens is 695 g/mol. The van der Waals surface area contributed by atoms with Crippen LogP contribution in [0.5, 0.6) is 11.5 Å². The Hall–Kier alpha value is -6.60. The second-order valence-corrected chi connectivity index (χ2v) is 13.2. The number of hydrogen-bond donors (Lipinski definition) is 1. The van der Waals surface area contributed by atoms with Gasteiger partial charge in [0, 0.05) is 85.6 Å². The Bertz CT molecular complexity index is 2170. The fraction of sp³-hybridized carbons (Fsp3) is 0.238. The van der Waals surface area contributed by atoms with E-state index in [0.717, 1.165) is 63.9 Å². The van der Waals surface area contributed by atoms with Crippen LogP contribution < -0.4 is 29.5 Å². The molecule has 3 aromatic carbocycles. The van der Waals surface area contributed by atoms with Crippen LogP contribution in [0.1, 0.15) is 27.0 Å². The molecule has 0 unspecified atom stereocenters. The third-order valence-corrected chi connectivity index (χ3v) is 9.75. The Morgan fingerprint density at radius 2 is 1.40 bits per heavy atom. The third-order valence-electron chi connectivity index (χ3n) is 9.75. The predicted molar refractivity (Wildman–Crippen MR) is 211 cm³/mol. The monoisotopic (exact) mass is 735 g/mol. The maximum absolute atomic E-state index is 12.7. The fourth-order valence-corrected chi connectivity index (χ4v) is 6.78. The van der Waals surface area contributed by atoms with E-state index in [1.807, 2.05) is 60.9 Å². The average molecular weight is 736 g/mol.